The van der Waals surface area contributed by atoms with Gasteiger partial charge in [-0.3, -0.25) is 4.79 Å². The molecule has 22 heavy (non-hydrogen) atoms. The highest BCUT2D eigenvalue weighted by molar-refractivity contribution is 5.76. The lowest BCUT2D eigenvalue weighted by Crippen LogP contribution is -2.34. The highest BCUT2D eigenvalue weighted by Gasteiger charge is 2.26. The molecule has 1 fully saturated rings. The number of phenols is 2. The van der Waals surface area contributed by atoms with Crippen LogP contribution in [-0.2, 0) is 9.53 Å². The minimum atomic E-state index is -1.12. The second kappa shape index (κ2) is 7.02. The van der Waals surface area contributed by atoms with Gasteiger partial charge in [-0.2, -0.15) is 0 Å². The molecular weight excluding hydrogens is 290 g/mol. The van der Waals surface area contributed by atoms with Gasteiger partial charge in [0.25, 0.3) is 0 Å². The highest BCUT2D eigenvalue weighted by atomic mass is 16.6. The minimum absolute atomic E-state index is 0.0216. The van der Waals surface area contributed by atoms with Gasteiger partial charge in [-0.05, 0) is 43.2 Å². The molecule has 4 N–H and O–H groups in total. The number of phenolic OH excluding ortho intramolecular Hbond substituents is 2. The third kappa shape index (κ3) is 4.28. The van der Waals surface area contributed by atoms with E-state index in [1.165, 1.54) is 12.1 Å². The van der Waals surface area contributed by atoms with Crippen LogP contribution in [0.25, 0.3) is 0 Å². The molecule has 1 saturated carbocycles. The van der Waals surface area contributed by atoms with Gasteiger partial charge in [0.05, 0.1) is 0 Å². The molecule has 7 nitrogen and oxygen atoms in total. The third-order valence-electron chi connectivity index (χ3n) is 3.79. The molecule has 0 radical (unpaired) electrons. The zero-order chi connectivity index (χ0) is 16.1. The van der Waals surface area contributed by atoms with Crippen molar-refractivity contribution in [3.8, 4) is 11.5 Å². The second-order valence-electron chi connectivity index (χ2n) is 5.37. The number of carboxylic acids is 1. The Morgan fingerprint density at radius 3 is 2.45 bits per heavy atom. The molecule has 1 amide bonds. The van der Waals surface area contributed by atoms with E-state index in [4.69, 9.17) is 9.84 Å². The van der Waals surface area contributed by atoms with Gasteiger partial charge < -0.3 is 25.4 Å². The van der Waals surface area contributed by atoms with Gasteiger partial charge in [-0.25, -0.2) is 4.79 Å². The molecule has 7 heteroatoms. The number of carbonyl (C=O) groups excluding carboxylic acids is 1. The molecule has 1 aromatic carbocycles. The lowest BCUT2D eigenvalue weighted by molar-refractivity contribution is -0.135. The molecule has 0 unspecified atom stereocenters. The molecule has 0 atom stereocenters. The van der Waals surface area contributed by atoms with Crippen LogP contribution in [-0.4, -0.2) is 40.0 Å². The zero-order valence-electron chi connectivity index (χ0n) is 12.0. The summed E-state index contributed by atoms with van der Waals surface area (Å²) >= 11 is 0. The van der Waals surface area contributed by atoms with E-state index in [-0.39, 0.29) is 23.5 Å². The van der Waals surface area contributed by atoms with Crippen molar-refractivity contribution in [2.24, 2.45) is 0 Å². The molecule has 2 rings (SSSR count). The van der Waals surface area contributed by atoms with Gasteiger partial charge in [-0.15, -0.1) is 0 Å². The third-order valence-corrected chi connectivity index (χ3v) is 3.79. The lowest BCUT2D eigenvalue weighted by Gasteiger charge is -2.28. The predicted molar refractivity (Wildman–Crippen MR) is 76.9 cm³/mol. The van der Waals surface area contributed by atoms with Crippen molar-refractivity contribution in [3.63, 3.8) is 0 Å². The predicted octanol–water partition coefficient (Wildman–Crippen LogP) is 1.93. The summed E-state index contributed by atoms with van der Waals surface area (Å²) < 4.78 is 5.16. The van der Waals surface area contributed by atoms with Crippen LogP contribution in [0.15, 0.2) is 18.2 Å². The normalized spacial score (nSPS) is 21.1. The van der Waals surface area contributed by atoms with E-state index in [2.05, 4.69) is 5.32 Å². The Morgan fingerprint density at radius 2 is 1.86 bits per heavy atom. The van der Waals surface area contributed by atoms with Crippen molar-refractivity contribution in [2.75, 3.05) is 6.54 Å². The number of rotatable bonds is 4. The van der Waals surface area contributed by atoms with Crippen LogP contribution < -0.4 is 5.32 Å². The van der Waals surface area contributed by atoms with Gasteiger partial charge in [-0.1, -0.05) is 6.07 Å². The van der Waals surface area contributed by atoms with Gasteiger partial charge in [0.2, 0.25) is 0 Å². The number of hydrogen-bond donors (Lipinski definition) is 4. The van der Waals surface area contributed by atoms with E-state index < -0.39 is 18.6 Å². The van der Waals surface area contributed by atoms with Crippen molar-refractivity contribution < 1.29 is 29.6 Å². The summed E-state index contributed by atoms with van der Waals surface area (Å²) in [6.45, 7) is -0.463. The number of carboxylic acid groups (broad SMARTS) is 1. The number of benzene rings is 1. The number of ether oxygens (including phenoxy) is 1. The van der Waals surface area contributed by atoms with Gasteiger partial charge in [0.1, 0.15) is 24.1 Å². The Kier molecular flexibility index (Phi) is 5.08. The summed E-state index contributed by atoms with van der Waals surface area (Å²) in [6.07, 6.45) is 1.81. The second-order valence-corrected chi connectivity index (χ2v) is 5.37. The average Bonchev–Trinajstić information content (AvgIpc) is 2.46. The van der Waals surface area contributed by atoms with E-state index in [1.54, 1.807) is 6.07 Å². The number of carbonyl (C=O) groups is 2. The maximum atomic E-state index is 11.4. The lowest BCUT2D eigenvalue weighted by atomic mass is 9.82. The highest BCUT2D eigenvalue weighted by Crippen LogP contribution is 2.39. The van der Waals surface area contributed by atoms with Crippen LogP contribution in [0.1, 0.15) is 37.2 Å². The number of aromatic hydroxyl groups is 2. The fourth-order valence-electron chi connectivity index (χ4n) is 2.71. The van der Waals surface area contributed by atoms with Crippen molar-refractivity contribution in [3.05, 3.63) is 23.8 Å². The van der Waals surface area contributed by atoms with E-state index in [0.29, 0.717) is 12.8 Å². The maximum Gasteiger partial charge on any atom is 0.407 e. The zero-order valence-corrected chi connectivity index (χ0v) is 12.0. The fraction of sp³-hybridized carbons (Fsp3) is 0.467. The van der Waals surface area contributed by atoms with Crippen molar-refractivity contribution in [1.82, 2.24) is 5.32 Å². The first-order valence-corrected chi connectivity index (χ1v) is 7.14. The molecular formula is C15H19NO6. The summed E-state index contributed by atoms with van der Waals surface area (Å²) in [4.78, 5) is 21.7. The molecule has 1 aromatic rings. The standard InChI is InChI=1S/C15H19NO6/c17-10-3-6-12(13(18)7-10)9-1-4-11(5-2-9)22-15(21)16-8-14(19)20/h3,6-7,9,11,17-18H,1-2,4-5,8H2,(H,16,21)(H,19,20). The molecule has 0 heterocycles. The Labute approximate surface area is 127 Å². The fourth-order valence-corrected chi connectivity index (χ4v) is 2.71. The number of alkyl carbamates (subject to hydrolysis) is 1. The summed E-state index contributed by atoms with van der Waals surface area (Å²) in [7, 11) is 0. The van der Waals surface area contributed by atoms with Crippen LogP contribution in [0.3, 0.4) is 0 Å². The summed E-state index contributed by atoms with van der Waals surface area (Å²) in [6, 6.07) is 4.56. The smallest absolute Gasteiger partial charge is 0.407 e. The van der Waals surface area contributed by atoms with E-state index in [1.807, 2.05) is 0 Å². The Morgan fingerprint density at radius 1 is 1.18 bits per heavy atom. The SMILES string of the molecule is O=C(O)CNC(=O)OC1CCC(c2ccc(O)cc2O)CC1. The van der Waals surface area contributed by atoms with Crippen LogP contribution in [0.4, 0.5) is 4.79 Å². The molecule has 0 spiro atoms. The molecule has 0 saturated heterocycles. The Balaban J connectivity index is 1.82. The molecule has 1 aliphatic rings. The van der Waals surface area contributed by atoms with Crippen LogP contribution >= 0.6 is 0 Å². The number of hydrogen-bond acceptors (Lipinski definition) is 5. The molecule has 0 bridgehead atoms. The molecule has 120 valence electrons. The first kappa shape index (κ1) is 15.9. The monoisotopic (exact) mass is 309 g/mol. The quantitative estimate of drug-likeness (QED) is 0.675. The summed E-state index contributed by atoms with van der Waals surface area (Å²) in [5.41, 5.74) is 0.784. The van der Waals surface area contributed by atoms with Crippen molar-refractivity contribution in [1.29, 1.82) is 0 Å². The molecule has 0 aromatic heterocycles. The van der Waals surface area contributed by atoms with Crippen LogP contribution in [0.5, 0.6) is 11.5 Å². The van der Waals surface area contributed by atoms with Crippen molar-refractivity contribution in [2.45, 2.75) is 37.7 Å². The number of aliphatic carboxylic acids is 1. The molecule has 1 aliphatic carbocycles. The van der Waals surface area contributed by atoms with Crippen LogP contribution in [0, 0.1) is 0 Å². The van der Waals surface area contributed by atoms with Crippen LogP contribution in [0.2, 0.25) is 0 Å². The van der Waals surface area contributed by atoms with Gasteiger partial charge in [0, 0.05) is 6.07 Å². The summed E-state index contributed by atoms with van der Waals surface area (Å²) in [5, 5.41) is 29.8. The maximum absolute atomic E-state index is 11.4. The number of amides is 1. The minimum Gasteiger partial charge on any atom is -0.508 e. The van der Waals surface area contributed by atoms with Crippen molar-refractivity contribution >= 4 is 12.1 Å². The topological polar surface area (TPSA) is 116 Å². The summed E-state index contributed by atoms with van der Waals surface area (Å²) in [5.74, 6) is -0.872. The Hall–Kier alpha value is -2.44. The Bertz CT molecular complexity index is 551. The van der Waals surface area contributed by atoms with Gasteiger partial charge in [0.15, 0.2) is 0 Å². The van der Waals surface area contributed by atoms with E-state index >= 15 is 0 Å². The van der Waals surface area contributed by atoms with Gasteiger partial charge >= 0.3 is 12.1 Å². The average molecular weight is 309 g/mol. The first-order chi connectivity index (χ1) is 10.5. The first-order valence-electron chi connectivity index (χ1n) is 7.14. The van der Waals surface area contributed by atoms with E-state index in [0.717, 1.165) is 18.4 Å². The largest absolute Gasteiger partial charge is 0.508 e. The number of nitrogens with one attached hydrogen (secondary N) is 1. The van der Waals surface area contributed by atoms with E-state index in [9.17, 15) is 19.8 Å². The molecule has 0 aliphatic heterocycles.